The first kappa shape index (κ1) is 13.9. The molecule has 0 aromatic heterocycles. The highest BCUT2D eigenvalue weighted by Crippen LogP contribution is 2.34. The zero-order valence-corrected chi connectivity index (χ0v) is 11.7. The summed E-state index contributed by atoms with van der Waals surface area (Å²) in [6.45, 7) is 2.14. The summed E-state index contributed by atoms with van der Waals surface area (Å²) in [5.41, 5.74) is 7.72. The number of benzene rings is 1. The van der Waals surface area contributed by atoms with Crippen molar-refractivity contribution in [1.82, 2.24) is 5.32 Å². The third-order valence-corrected chi connectivity index (χ3v) is 3.85. The van der Waals surface area contributed by atoms with E-state index in [2.05, 4.69) is 12.2 Å². The smallest absolute Gasteiger partial charge is 0.220 e. The minimum absolute atomic E-state index is 0.149. The number of anilines is 1. The van der Waals surface area contributed by atoms with Crippen molar-refractivity contribution in [2.24, 2.45) is 5.92 Å². The van der Waals surface area contributed by atoms with Crippen molar-refractivity contribution in [3.05, 3.63) is 29.8 Å². The summed E-state index contributed by atoms with van der Waals surface area (Å²) >= 11 is 0. The molecule has 0 bridgehead atoms. The van der Waals surface area contributed by atoms with Gasteiger partial charge in [-0.1, -0.05) is 38.0 Å². The first-order valence-corrected chi connectivity index (χ1v) is 7.31. The van der Waals surface area contributed by atoms with Crippen LogP contribution in [0.2, 0.25) is 0 Å². The van der Waals surface area contributed by atoms with E-state index in [0.29, 0.717) is 12.5 Å². The van der Waals surface area contributed by atoms with Gasteiger partial charge in [0.25, 0.3) is 0 Å². The van der Waals surface area contributed by atoms with Gasteiger partial charge in [0.05, 0.1) is 0 Å². The van der Waals surface area contributed by atoms with Crippen LogP contribution in [0.4, 0.5) is 5.69 Å². The maximum Gasteiger partial charge on any atom is 0.220 e. The quantitative estimate of drug-likeness (QED) is 0.741. The minimum Gasteiger partial charge on any atom is -0.399 e. The van der Waals surface area contributed by atoms with E-state index in [1.165, 1.54) is 12.8 Å². The Morgan fingerprint density at radius 2 is 2.16 bits per heavy atom. The Morgan fingerprint density at radius 1 is 1.42 bits per heavy atom. The molecule has 1 amide bonds. The van der Waals surface area contributed by atoms with Gasteiger partial charge in [-0.2, -0.15) is 0 Å². The summed E-state index contributed by atoms with van der Waals surface area (Å²) in [5.74, 6) is 1.01. The van der Waals surface area contributed by atoms with Crippen molar-refractivity contribution < 1.29 is 4.79 Å². The van der Waals surface area contributed by atoms with Crippen molar-refractivity contribution >= 4 is 11.6 Å². The minimum atomic E-state index is 0.149. The van der Waals surface area contributed by atoms with E-state index in [4.69, 9.17) is 5.73 Å². The molecule has 1 saturated carbocycles. The summed E-state index contributed by atoms with van der Waals surface area (Å²) in [5, 5.41) is 3.15. The number of nitrogens with one attached hydrogen (secondary N) is 1. The normalized spacial score (nSPS) is 16.1. The molecule has 0 heterocycles. The fourth-order valence-electron chi connectivity index (χ4n) is 2.39. The molecule has 0 radical (unpaired) electrons. The van der Waals surface area contributed by atoms with E-state index in [9.17, 15) is 4.79 Å². The van der Waals surface area contributed by atoms with E-state index in [1.807, 2.05) is 24.3 Å². The van der Waals surface area contributed by atoms with Crippen molar-refractivity contribution in [2.75, 3.05) is 5.73 Å². The molecule has 1 aromatic rings. The zero-order chi connectivity index (χ0) is 13.7. The van der Waals surface area contributed by atoms with Crippen molar-refractivity contribution in [1.29, 1.82) is 0 Å². The second-order valence-electron chi connectivity index (χ2n) is 5.55. The number of para-hydroxylation sites is 1. The summed E-state index contributed by atoms with van der Waals surface area (Å²) in [4.78, 5) is 11.9. The topological polar surface area (TPSA) is 55.1 Å². The highest BCUT2D eigenvalue weighted by atomic mass is 16.1. The molecule has 1 fully saturated rings. The summed E-state index contributed by atoms with van der Waals surface area (Å²) in [6.07, 6.45) is 6.10. The molecule has 1 unspecified atom stereocenters. The summed E-state index contributed by atoms with van der Waals surface area (Å²) in [7, 11) is 0. The van der Waals surface area contributed by atoms with Gasteiger partial charge in [-0.05, 0) is 36.8 Å². The van der Waals surface area contributed by atoms with Crippen LogP contribution in [0, 0.1) is 5.92 Å². The van der Waals surface area contributed by atoms with Crippen LogP contribution in [-0.4, -0.2) is 11.9 Å². The molecule has 3 heteroatoms. The van der Waals surface area contributed by atoms with Gasteiger partial charge >= 0.3 is 0 Å². The van der Waals surface area contributed by atoms with Gasteiger partial charge in [-0.15, -0.1) is 0 Å². The molecule has 0 spiro atoms. The van der Waals surface area contributed by atoms with Gasteiger partial charge < -0.3 is 11.1 Å². The van der Waals surface area contributed by atoms with Crippen LogP contribution >= 0.6 is 0 Å². The molecule has 3 N–H and O–H groups in total. The predicted octanol–water partition coefficient (Wildman–Crippen LogP) is 2.90. The molecule has 0 saturated heterocycles. The van der Waals surface area contributed by atoms with Crippen LogP contribution < -0.4 is 11.1 Å². The van der Waals surface area contributed by atoms with Gasteiger partial charge in [0.15, 0.2) is 0 Å². The molecule has 3 nitrogen and oxygen atoms in total. The van der Waals surface area contributed by atoms with Gasteiger partial charge in [-0.25, -0.2) is 0 Å². The van der Waals surface area contributed by atoms with Gasteiger partial charge in [0, 0.05) is 18.2 Å². The largest absolute Gasteiger partial charge is 0.399 e. The van der Waals surface area contributed by atoms with Crippen molar-refractivity contribution in [3.63, 3.8) is 0 Å². The maximum atomic E-state index is 11.9. The molecule has 1 aromatic carbocycles. The maximum absolute atomic E-state index is 11.9. The molecule has 1 atom stereocenters. The molecule has 2 rings (SSSR count). The van der Waals surface area contributed by atoms with Crippen LogP contribution in [0.25, 0.3) is 0 Å². The van der Waals surface area contributed by atoms with Crippen LogP contribution in [0.3, 0.4) is 0 Å². The highest BCUT2D eigenvalue weighted by Gasteiger charge is 2.25. The molecule has 1 aliphatic rings. The van der Waals surface area contributed by atoms with Crippen LogP contribution in [0.5, 0.6) is 0 Å². The lowest BCUT2D eigenvalue weighted by Gasteiger charge is -2.16. The van der Waals surface area contributed by atoms with Crippen LogP contribution in [0.15, 0.2) is 24.3 Å². The van der Waals surface area contributed by atoms with Crippen molar-refractivity contribution in [2.45, 2.75) is 51.5 Å². The third-order valence-electron chi connectivity index (χ3n) is 3.85. The highest BCUT2D eigenvalue weighted by molar-refractivity contribution is 5.76. The molecule has 104 valence electrons. The fraction of sp³-hybridized carbons (Fsp3) is 0.562. The van der Waals surface area contributed by atoms with Gasteiger partial charge in [-0.3, -0.25) is 4.79 Å². The predicted molar refractivity (Wildman–Crippen MR) is 78.7 cm³/mol. The van der Waals surface area contributed by atoms with E-state index in [0.717, 1.165) is 36.4 Å². The van der Waals surface area contributed by atoms with E-state index >= 15 is 0 Å². The molecular formula is C16H24N2O. The van der Waals surface area contributed by atoms with Gasteiger partial charge in [0.2, 0.25) is 5.91 Å². The van der Waals surface area contributed by atoms with Crippen LogP contribution in [0.1, 0.15) is 44.6 Å². The van der Waals surface area contributed by atoms with Crippen LogP contribution in [-0.2, 0) is 11.2 Å². The monoisotopic (exact) mass is 260 g/mol. The third kappa shape index (κ3) is 4.58. The lowest BCUT2D eigenvalue weighted by atomic mass is 10.1. The Balaban J connectivity index is 1.75. The Kier molecular flexibility index (Phi) is 4.83. The van der Waals surface area contributed by atoms with E-state index in [1.54, 1.807) is 0 Å². The Bertz CT molecular complexity index is 427. The SMILES string of the molecule is CCC(CC1CC1)NC(=O)CCc1ccccc1N. The Hall–Kier alpha value is -1.51. The second-order valence-corrected chi connectivity index (χ2v) is 5.55. The molecule has 19 heavy (non-hydrogen) atoms. The lowest BCUT2D eigenvalue weighted by molar-refractivity contribution is -0.121. The van der Waals surface area contributed by atoms with E-state index < -0.39 is 0 Å². The lowest BCUT2D eigenvalue weighted by Crippen LogP contribution is -2.34. The number of carbonyl (C=O) groups excluding carboxylic acids is 1. The zero-order valence-electron chi connectivity index (χ0n) is 11.7. The standard InChI is InChI=1S/C16H24N2O/c1-2-14(11-12-7-8-12)18-16(19)10-9-13-5-3-4-6-15(13)17/h3-6,12,14H,2,7-11,17H2,1H3,(H,18,19). The fourth-order valence-corrected chi connectivity index (χ4v) is 2.39. The number of rotatable bonds is 7. The average molecular weight is 260 g/mol. The number of nitrogen functional groups attached to an aromatic ring is 1. The first-order valence-electron chi connectivity index (χ1n) is 7.31. The number of nitrogens with two attached hydrogens (primary N) is 1. The summed E-state index contributed by atoms with van der Waals surface area (Å²) in [6, 6.07) is 8.11. The summed E-state index contributed by atoms with van der Waals surface area (Å²) < 4.78 is 0. The molecule has 0 aliphatic heterocycles. The average Bonchev–Trinajstić information content (AvgIpc) is 3.21. The van der Waals surface area contributed by atoms with E-state index in [-0.39, 0.29) is 5.91 Å². The number of amides is 1. The first-order chi connectivity index (χ1) is 9.19. The number of carbonyl (C=O) groups is 1. The molecule has 1 aliphatic carbocycles. The Labute approximate surface area is 115 Å². The second kappa shape index (κ2) is 6.60. The molecular weight excluding hydrogens is 236 g/mol. The number of hydrogen-bond acceptors (Lipinski definition) is 2. The Morgan fingerprint density at radius 3 is 2.79 bits per heavy atom. The van der Waals surface area contributed by atoms with Gasteiger partial charge in [0.1, 0.15) is 0 Å². The van der Waals surface area contributed by atoms with Crippen molar-refractivity contribution in [3.8, 4) is 0 Å². The number of aryl methyl sites for hydroxylation is 1. The number of hydrogen-bond donors (Lipinski definition) is 2.